The molecule has 0 unspecified atom stereocenters. The maximum absolute atomic E-state index is 11.4. The van der Waals surface area contributed by atoms with Crippen LogP contribution in [0.3, 0.4) is 0 Å². The summed E-state index contributed by atoms with van der Waals surface area (Å²) in [6, 6.07) is 0. The fourth-order valence-corrected chi connectivity index (χ4v) is 2.35. The molecule has 180 valence electrons. The highest BCUT2D eigenvalue weighted by atomic mass is 32.2. The van der Waals surface area contributed by atoms with Crippen molar-refractivity contribution in [1.82, 2.24) is 5.32 Å². The number of hydrogen-bond acceptors (Lipinski definition) is 9. The van der Waals surface area contributed by atoms with E-state index >= 15 is 0 Å². The molecule has 0 aromatic rings. The summed E-state index contributed by atoms with van der Waals surface area (Å²) in [6.45, 7) is 9.71. The molecule has 0 aliphatic rings. The Morgan fingerprint density at radius 2 is 1.17 bits per heavy atom. The van der Waals surface area contributed by atoms with Crippen molar-refractivity contribution in [2.45, 2.75) is 32.8 Å². The van der Waals surface area contributed by atoms with Crippen LogP contribution in [0.4, 0.5) is 4.79 Å². The molecule has 0 radical (unpaired) electrons. The van der Waals surface area contributed by atoms with Crippen LogP contribution >= 0.6 is 0 Å². The van der Waals surface area contributed by atoms with Crippen LogP contribution in [0.5, 0.6) is 0 Å². The van der Waals surface area contributed by atoms with Gasteiger partial charge in [-0.3, -0.25) is 4.55 Å². The first-order chi connectivity index (χ1) is 14.1. The van der Waals surface area contributed by atoms with E-state index in [0.717, 1.165) is 0 Å². The van der Waals surface area contributed by atoms with Crippen molar-refractivity contribution in [1.29, 1.82) is 0 Å². The van der Waals surface area contributed by atoms with E-state index in [-0.39, 0.29) is 18.8 Å². The Labute approximate surface area is 179 Å². The number of carbonyl (C=O) groups excluding carboxylic acids is 1. The highest BCUT2D eigenvalue weighted by Crippen LogP contribution is 2.06. The van der Waals surface area contributed by atoms with E-state index in [1.165, 1.54) is 0 Å². The zero-order valence-corrected chi connectivity index (χ0v) is 19.0. The molecule has 0 spiro atoms. The van der Waals surface area contributed by atoms with Gasteiger partial charge in [-0.15, -0.1) is 0 Å². The minimum absolute atomic E-state index is 0.246. The molecule has 2 N–H and O–H groups in total. The molecule has 0 aromatic heterocycles. The Balaban J connectivity index is 3.17. The zero-order valence-electron chi connectivity index (χ0n) is 18.2. The lowest BCUT2D eigenvalue weighted by Crippen LogP contribution is -2.34. The van der Waals surface area contributed by atoms with Crippen molar-refractivity contribution >= 4 is 16.2 Å². The fraction of sp³-hybridized carbons (Fsp3) is 0.944. The SMILES string of the molecule is CC(C)(C)OC(=O)NCCOCCOCCOCCOCCOCCCS(=O)(=O)O. The Morgan fingerprint density at radius 3 is 1.57 bits per heavy atom. The fourth-order valence-electron chi connectivity index (χ4n) is 1.86. The van der Waals surface area contributed by atoms with Crippen LogP contribution in [0.2, 0.25) is 0 Å². The Bertz CT molecular complexity index is 522. The predicted octanol–water partition coefficient (Wildman–Crippen LogP) is 0.872. The molecule has 30 heavy (non-hydrogen) atoms. The molecule has 0 rings (SSSR count). The van der Waals surface area contributed by atoms with Gasteiger partial charge in [0, 0.05) is 13.2 Å². The van der Waals surface area contributed by atoms with Crippen LogP contribution in [-0.4, -0.2) is 103 Å². The highest BCUT2D eigenvalue weighted by Gasteiger charge is 2.15. The molecule has 1 amide bonds. The number of ether oxygens (including phenoxy) is 6. The van der Waals surface area contributed by atoms with E-state index in [0.29, 0.717) is 66.0 Å². The average molecular weight is 460 g/mol. The molecule has 0 atom stereocenters. The van der Waals surface area contributed by atoms with Crippen LogP contribution in [0.25, 0.3) is 0 Å². The molecule has 0 fully saturated rings. The molecular weight excluding hydrogens is 422 g/mol. The topological polar surface area (TPSA) is 139 Å². The summed E-state index contributed by atoms with van der Waals surface area (Å²) < 4.78 is 61.1. The second-order valence-electron chi connectivity index (χ2n) is 7.13. The van der Waals surface area contributed by atoms with Crippen LogP contribution < -0.4 is 5.32 Å². The summed E-state index contributed by atoms with van der Waals surface area (Å²) in [4.78, 5) is 11.4. The van der Waals surface area contributed by atoms with Crippen LogP contribution in [0, 0.1) is 0 Å². The lowest BCUT2D eigenvalue weighted by Gasteiger charge is -2.19. The van der Waals surface area contributed by atoms with Gasteiger partial charge in [0.2, 0.25) is 0 Å². The van der Waals surface area contributed by atoms with E-state index in [4.69, 9.17) is 33.0 Å². The molecule has 0 saturated heterocycles. The quantitative estimate of drug-likeness (QED) is 0.211. The predicted molar refractivity (Wildman–Crippen MR) is 109 cm³/mol. The zero-order chi connectivity index (χ0) is 22.7. The number of nitrogens with one attached hydrogen (secondary N) is 1. The normalized spacial score (nSPS) is 12.1. The highest BCUT2D eigenvalue weighted by molar-refractivity contribution is 7.85. The summed E-state index contributed by atoms with van der Waals surface area (Å²) in [7, 11) is -3.92. The number of carbonyl (C=O) groups is 1. The Morgan fingerprint density at radius 1 is 0.767 bits per heavy atom. The van der Waals surface area contributed by atoms with Crippen molar-refractivity contribution in [3.8, 4) is 0 Å². The second kappa shape index (κ2) is 17.6. The van der Waals surface area contributed by atoms with Crippen molar-refractivity contribution < 1.29 is 46.2 Å². The molecule has 0 heterocycles. The summed E-state index contributed by atoms with van der Waals surface area (Å²) in [5.41, 5.74) is -0.517. The first-order valence-corrected chi connectivity index (χ1v) is 11.5. The Kier molecular flexibility index (Phi) is 17.0. The Hall–Kier alpha value is -1.02. The van der Waals surface area contributed by atoms with Gasteiger partial charge >= 0.3 is 6.09 Å². The van der Waals surface area contributed by atoms with Crippen LogP contribution in [-0.2, 0) is 38.5 Å². The van der Waals surface area contributed by atoms with Crippen molar-refractivity contribution in [3.63, 3.8) is 0 Å². The first kappa shape index (κ1) is 29.0. The third-order valence-electron chi connectivity index (χ3n) is 3.09. The molecular formula is C18H37NO10S. The van der Waals surface area contributed by atoms with Gasteiger partial charge in [-0.05, 0) is 27.2 Å². The minimum atomic E-state index is -3.92. The van der Waals surface area contributed by atoms with Gasteiger partial charge in [-0.2, -0.15) is 8.42 Å². The van der Waals surface area contributed by atoms with E-state index in [1.807, 2.05) is 0 Å². The summed E-state index contributed by atoms with van der Waals surface area (Å²) in [5, 5.41) is 2.60. The van der Waals surface area contributed by atoms with Gasteiger partial charge in [0.15, 0.2) is 0 Å². The first-order valence-electron chi connectivity index (χ1n) is 9.91. The van der Waals surface area contributed by atoms with E-state index < -0.39 is 21.8 Å². The van der Waals surface area contributed by atoms with Gasteiger partial charge in [0.05, 0.1) is 65.2 Å². The third-order valence-corrected chi connectivity index (χ3v) is 3.90. The molecule has 0 aliphatic heterocycles. The third kappa shape index (κ3) is 25.0. The standard InChI is InChI=1S/C18H37NO10S/c1-18(2,3)29-17(20)19-5-7-25-9-11-27-13-15-28-14-12-26-10-8-24-6-4-16-30(21,22)23/h4-16H2,1-3H3,(H,19,20)(H,21,22,23). The monoisotopic (exact) mass is 459 g/mol. The molecule has 0 bridgehead atoms. The van der Waals surface area contributed by atoms with Gasteiger partial charge in [-0.1, -0.05) is 0 Å². The van der Waals surface area contributed by atoms with Gasteiger partial charge in [0.25, 0.3) is 10.1 Å². The summed E-state index contributed by atoms with van der Waals surface area (Å²) in [5.74, 6) is -0.304. The minimum Gasteiger partial charge on any atom is -0.444 e. The van der Waals surface area contributed by atoms with E-state index in [9.17, 15) is 13.2 Å². The van der Waals surface area contributed by atoms with Gasteiger partial charge < -0.3 is 33.7 Å². The number of rotatable bonds is 19. The average Bonchev–Trinajstić information content (AvgIpc) is 2.61. The maximum atomic E-state index is 11.4. The molecule has 12 heteroatoms. The summed E-state index contributed by atoms with van der Waals surface area (Å²) >= 11 is 0. The number of alkyl carbamates (subject to hydrolysis) is 1. The summed E-state index contributed by atoms with van der Waals surface area (Å²) in [6.07, 6.45) is -0.220. The van der Waals surface area contributed by atoms with Crippen LogP contribution in [0.15, 0.2) is 0 Å². The largest absolute Gasteiger partial charge is 0.444 e. The molecule has 0 aromatic carbocycles. The molecule has 0 saturated carbocycles. The number of hydrogen-bond donors (Lipinski definition) is 2. The van der Waals surface area contributed by atoms with Crippen molar-refractivity contribution in [2.75, 3.05) is 78.4 Å². The number of amides is 1. The van der Waals surface area contributed by atoms with Crippen LogP contribution in [0.1, 0.15) is 27.2 Å². The molecule has 11 nitrogen and oxygen atoms in total. The van der Waals surface area contributed by atoms with Crippen molar-refractivity contribution in [2.24, 2.45) is 0 Å². The van der Waals surface area contributed by atoms with E-state index in [2.05, 4.69) is 5.32 Å². The van der Waals surface area contributed by atoms with Gasteiger partial charge in [0.1, 0.15) is 5.60 Å². The smallest absolute Gasteiger partial charge is 0.407 e. The lowest BCUT2D eigenvalue weighted by atomic mass is 10.2. The lowest BCUT2D eigenvalue weighted by molar-refractivity contribution is -0.0109. The van der Waals surface area contributed by atoms with E-state index in [1.54, 1.807) is 20.8 Å². The maximum Gasteiger partial charge on any atom is 0.407 e. The van der Waals surface area contributed by atoms with Gasteiger partial charge in [-0.25, -0.2) is 4.79 Å². The second-order valence-corrected chi connectivity index (χ2v) is 8.70. The molecule has 0 aliphatic carbocycles. The van der Waals surface area contributed by atoms with Crippen molar-refractivity contribution in [3.05, 3.63) is 0 Å².